The fourth-order valence-corrected chi connectivity index (χ4v) is 4.71. The summed E-state index contributed by atoms with van der Waals surface area (Å²) in [6.45, 7) is 4.30. The van der Waals surface area contributed by atoms with Gasteiger partial charge in [0.1, 0.15) is 17.7 Å². The minimum absolute atomic E-state index is 0.0412. The van der Waals surface area contributed by atoms with Crippen molar-refractivity contribution in [2.24, 2.45) is 0 Å². The second-order valence-electron chi connectivity index (χ2n) is 9.03. The molecular weight excluding hydrogens is 443 g/mol. The molecule has 0 unspecified atom stereocenters. The summed E-state index contributed by atoms with van der Waals surface area (Å²) in [7, 11) is 0. The minimum atomic E-state index is -1.09. The van der Waals surface area contributed by atoms with Gasteiger partial charge in [0.15, 0.2) is 0 Å². The number of carbonyl (C=O) groups is 1. The van der Waals surface area contributed by atoms with Crippen LogP contribution in [0.2, 0.25) is 0 Å². The zero-order chi connectivity index (χ0) is 24.6. The number of nitrogens with zero attached hydrogens (tertiary/aromatic N) is 2. The van der Waals surface area contributed by atoms with Crippen molar-refractivity contribution in [2.75, 3.05) is 19.7 Å². The van der Waals surface area contributed by atoms with Crippen LogP contribution in [0.25, 0.3) is 0 Å². The van der Waals surface area contributed by atoms with Crippen LogP contribution in [0.15, 0.2) is 84.9 Å². The molecule has 1 N–H and O–H groups in total. The van der Waals surface area contributed by atoms with Crippen molar-refractivity contribution in [3.63, 3.8) is 0 Å². The summed E-state index contributed by atoms with van der Waals surface area (Å²) in [6, 6.07) is 26.0. The topological polar surface area (TPSA) is 53.0 Å². The fraction of sp³-hybridized carbons (Fsp3) is 0.345. The van der Waals surface area contributed by atoms with Crippen LogP contribution in [-0.2, 0) is 11.3 Å². The SMILES string of the molecule is C[C@H](c1ccccc1)N(Cc1ccccc1)[C@@H]1CCN(CCCOc2ccc(F)cc2)C(=O)[C@@H]1O. The molecule has 0 radical (unpaired) electrons. The summed E-state index contributed by atoms with van der Waals surface area (Å²) in [4.78, 5) is 17.1. The van der Waals surface area contributed by atoms with Crippen molar-refractivity contribution >= 4 is 5.91 Å². The Morgan fingerprint density at radius 2 is 1.69 bits per heavy atom. The number of carbonyl (C=O) groups excluding carboxylic acids is 1. The van der Waals surface area contributed by atoms with E-state index in [4.69, 9.17) is 4.74 Å². The van der Waals surface area contributed by atoms with Crippen molar-refractivity contribution in [3.8, 4) is 5.75 Å². The summed E-state index contributed by atoms with van der Waals surface area (Å²) in [5, 5.41) is 11.1. The average molecular weight is 477 g/mol. The lowest BCUT2D eigenvalue weighted by molar-refractivity contribution is -0.151. The lowest BCUT2D eigenvalue weighted by Gasteiger charge is -2.44. The van der Waals surface area contributed by atoms with Crippen molar-refractivity contribution in [1.82, 2.24) is 9.80 Å². The summed E-state index contributed by atoms with van der Waals surface area (Å²) < 4.78 is 18.7. The standard InChI is InChI=1S/C29H33FN2O3/c1-22(24-11-6-3-7-12-24)32(21-23-9-4-2-5-10-23)27-17-19-31(29(34)28(27)33)18-8-20-35-26-15-13-25(30)14-16-26/h2-7,9-16,22,27-28,33H,8,17-21H2,1H3/t22-,27-,28-/m1/s1. The lowest BCUT2D eigenvalue weighted by atomic mass is 9.94. The van der Waals surface area contributed by atoms with Gasteiger partial charge in [-0.25, -0.2) is 4.39 Å². The third kappa shape index (κ3) is 6.47. The van der Waals surface area contributed by atoms with Gasteiger partial charge in [-0.15, -0.1) is 0 Å². The van der Waals surface area contributed by atoms with Gasteiger partial charge in [-0.2, -0.15) is 0 Å². The summed E-state index contributed by atoms with van der Waals surface area (Å²) in [5.74, 6) is 0.0620. The van der Waals surface area contributed by atoms with Gasteiger partial charge in [0.05, 0.1) is 6.61 Å². The van der Waals surface area contributed by atoms with Crippen LogP contribution in [0.1, 0.15) is 36.9 Å². The van der Waals surface area contributed by atoms with Crippen molar-refractivity contribution in [2.45, 2.75) is 44.5 Å². The summed E-state index contributed by atoms with van der Waals surface area (Å²) in [6.07, 6.45) is 0.237. The predicted octanol–water partition coefficient (Wildman–Crippen LogP) is 4.82. The van der Waals surface area contributed by atoms with E-state index < -0.39 is 6.10 Å². The largest absolute Gasteiger partial charge is 0.494 e. The van der Waals surface area contributed by atoms with Crippen molar-refractivity contribution in [3.05, 3.63) is 102 Å². The van der Waals surface area contributed by atoms with E-state index in [2.05, 4.69) is 36.1 Å². The molecule has 1 aliphatic heterocycles. The number of ether oxygens (including phenoxy) is 1. The van der Waals surface area contributed by atoms with Gasteiger partial charge in [-0.3, -0.25) is 9.69 Å². The molecule has 3 aromatic carbocycles. The van der Waals surface area contributed by atoms with E-state index in [1.165, 1.54) is 12.1 Å². The number of aliphatic hydroxyl groups is 1. The van der Waals surface area contributed by atoms with Crippen LogP contribution in [0.5, 0.6) is 5.75 Å². The molecule has 0 aliphatic carbocycles. The quantitative estimate of drug-likeness (QED) is 0.427. The molecular formula is C29H33FN2O3. The molecule has 1 saturated heterocycles. The molecule has 35 heavy (non-hydrogen) atoms. The molecule has 0 bridgehead atoms. The van der Waals surface area contributed by atoms with E-state index in [1.54, 1.807) is 17.0 Å². The Morgan fingerprint density at radius 1 is 1.03 bits per heavy atom. The Balaban J connectivity index is 1.39. The highest BCUT2D eigenvalue weighted by Gasteiger charge is 2.40. The number of aliphatic hydroxyl groups excluding tert-OH is 1. The van der Waals surface area contributed by atoms with Crippen LogP contribution in [0.4, 0.5) is 4.39 Å². The number of likely N-dealkylation sites (tertiary alicyclic amines) is 1. The average Bonchev–Trinajstić information content (AvgIpc) is 2.89. The highest BCUT2D eigenvalue weighted by atomic mass is 19.1. The second kappa shape index (κ2) is 12.0. The Morgan fingerprint density at radius 3 is 2.37 bits per heavy atom. The maximum atomic E-state index is 13.1. The van der Waals surface area contributed by atoms with Crippen molar-refractivity contribution < 1.29 is 19.0 Å². The molecule has 0 aromatic heterocycles. The summed E-state index contributed by atoms with van der Waals surface area (Å²) in [5.41, 5.74) is 2.30. The monoisotopic (exact) mass is 476 g/mol. The zero-order valence-corrected chi connectivity index (χ0v) is 20.1. The molecule has 0 spiro atoms. The Bertz CT molecular complexity index is 1060. The van der Waals surface area contributed by atoms with Crippen LogP contribution >= 0.6 is 0 Å². The van der Waals surface area contributed by atoms with E-state index in [-0.39, 0.29) is 23.8 Å². The van der Waals surface area contributed by atoms with E-state index in [1.807, 2.05) is 36.4 Å². The first-order valence-corrected chi connectivity index (χ1v) is 12.2. The number of piperidine rings is 1. The number of hydrogen-bond donors (Lipinski definition) is 1. The zero-order valence-electron chi connectivity index (χ0n) is 20.1. The first-order valence-electron chi connectivity index (χ1n) is 12.2. The van der Waals surface area contributed by atoms with Gasteiger partial charge in [-0.05, 0) is 55.2 Å². The first kappa shape index (κ1) is 24.9. The highest BCUT2D eigenvalue weighted by molar-refractivity contribution is 5.82. The Hall–Kier alpha value is -3.22. The van der Waals surface area contributed by atoms with Gasteiger partial charge < -0.3 is 14.7 Å². The normalized spacial score (nSPS) is 19.1. The van der Waals surface area contributed by atoms with E-state index in [9.17, 15) is 14.3 Å². The highest BCUT2D eigenvalue weighted by Crippen LogP contribution is 2.30. The molecule has 1 amide bonds. The molecule has 6 heteroatoms. The third-order valence-electron chi connectivity index (χ3n) is 6.69. The second-order valence-corrected chi connectivity index (χ2v) is 9.03. The third-order valence-corrected chi connectivity index (χ3v) is 6.69. The summed E-state index contributed by atoms with van der Waals surface area (Å²) >= 11 is 0. The Labute approximate surface area is 206 Å². The molecule has 5 nitrogen and oxygen atoms in total. The molecule has 4 rings (SSSR count). The molecule has 0 saturated carbocycles. The molecule has 3 aromatic rings. The number of halogens is 1. The molecule has 1 heterocycles. The fourth-order valence-electron chi connectivity index (χ4n) is 4.71. The van der Waals surface area contributed by atoms with Gasteiger partial charge in [0, 0.05) is 31.7 Å². The molecule has 184 valence electrons. The number of rotatable bonds is 10. The lowest BCUT2D eigenvalue weighted by Crippen LogP contribution is -2.57. The van der Waals surface area contributed by atoms with Crippen LogP contribution in [0, 0.1) is 5.82 Å². The molecule has 1 aliphatic rings. The first-order chi connectivity index (χ1) is 17.0. The number of benzene rings is 3. The predicted molar refractivity (Wildman–Crippen MR) is 134 cm³/mol. The molecule has 3 atom stereocenters. The van der Waals surface area contributed by atoms with Gasteiger partial charge in [0.2, 0.25) is 0 Å². The maximum Gasteiger partial charge on any atom is 0.253 e. The van der Waals surface area contributed by atoms with Crippen LogP contribution in [0.3, 0.4) is 0 Å². The van der Waals surface area contributed by atoms with Crippen LogP contribution in [-0.4, -0.2) is 52.7 Å². The van der Waals surface area contributed by atoms with Gasteiger partial charge in [0.25, 0.3) is 5.91 Å². The van der Waals surface area contributed by atoms with Gasteiger partial charge >= 0.3 is 0 Å². The Kier molecular flexibility index (Phi) is 8.50. The minimum Gasteiger partial charge on any atom is -0.494 e. The van der Waals surface area contributed by atoms with Crippen molar-refractivity contribution in [1.29, 1.82) is 0 Å². The smallest absolute Gasteiger partial charge is 0.253 e. The van der Waals surface area contributed by atoms with Gasteiger partial charge in [-0.1, -0.05) is 60.7 Å². The maximum absolute atomic E-state index is 13.1. The number of amides is 1. The van der Waals surface area contributed by atoms with E-state index >= 15 is 0 Å². The van der Waals surface area contributed by atoms with E-state index in [0.29, 0.717) is 44.8 Å². The molecule has 1 fully saturated rings. The van der Waals surface area contributed by atoms with E-state index in [0.717, 1.165) is 11.1 Å². The number of hydrogen-bond acceptors (Lipinski definition) is 4. The van der Waals surface area contributed by atoms with Crippen LogP contribution < -0.4 is 4.74 Å².